The van der Waals surface area contributed by atoms with Crippen LogP contribution in [-0.4, -0.2) is 31.7 Å². The van der Waals surface area contributed by atoms with E-state index in [0.717, 1.165) is 24.8 Å². The number of hydrogen-bond acceptors (Lipinski definition) is 3. The second kappa shape index (κ2) is 8.67. The molecule has 1 aliphatic heterocycles. The molecule has 0 atom stereocenters. The van der Waals surface area contributed by atoms with Gasteiger partial charge in [-0.3, -0.25) is 4.79 Å². The van der Waals surface area contributed by atoms with E-state index in [4.69, 9.17) is 0 Å². The minimum Gasteiger partial charge on any atom is -0.322 e. The van der Waals surface area contributed by atoms with Crippen LogP contribution in [0, 0.1) is 12.7 Å². The molecule has 7 heteroatoms. The molecule has 2 aromatic rings. The Morgan fingerprint density at radius 3 is 2.43 bits per heavy atom. The van der Waals surface area contributed by atoms with Gasteiger partial charge in [0.05, 0.1) is 4.90 Å². The fourth-order valence-corrected chi connectivity index (χ4v) is 4.61. The molecule has 2 aromatic carbocycles. The average Bonchev–Trinajstić information content (AvgIpc) is 2.70. The van der Waals surface area contributed by atoms with Crippen molar-refractivity contribution in [2.45, 2.75) is 31.1 Å². The molecule has 1 saturated heterocycles. The summed E-state index contributed by atoms with van der Waals surface area (Å²) < 4.78 is 40.1. The first kappa shape index (κ1) is 20.2. The maximum atomic E-state index is 12.9. The number of amides is 1. The second-order valence-corrected chi connectivity index (χ2v) is 8.75. The van der Waals surface area contributed by atoms with Gasteiger partial charge in [-0.2, -0.15) is 4.31 Å². The smallest absolute Gasteiger partial charge is 0.248 e. The van der Waals surface area contributed by atoms with Gasteiger partial charge in [0.25, 0.3) is 0 Å². The number of piperidine rings is 1. The molecule has 1 N–H and O–H groups in total. The first-order chi connectivity index (χ1) is 13.4. The molecule has 0 saturated carbocycles. The number of nitrogens with one attached hydrogen (secondary N) is 1. The molecular weight excluding hydrogens is 379 g/mol. The van der Waals surface area contributed by atoms with Crippen LogP contribution < -0.4 is 5.32 Å². The third-order valence-corrected chi connectivity index (χ3v) is 6.61. The Balaban J connectivity index is 1.75. The van der Waals surface area contributed by atoms with E-state index in [1.54, 1.807) is 37.3 Å². The average molecular weight is 402 g/mol. The van der Waals surface area contributed by atoms with Crippen molar-refractivity contribution < 1.29 is 17.6 Å². The van der Waals surface area contributed by atoms with Gasteiger partial charge in [0.2, 0.25) is 15.9 Å². The molecule has 0 spiro atoms. The maximum absolute atomic E-state index is 12.9. The third-order valence-electron chi connectivity index (χ3n) is 4.72. The maximum Gasteiger partial charge on any atom is 0.248 e. The summed E-state index contributed by atoms with van der Waals surface area (Å²) >= 11 is 0. The van der Waals surface area contributed by atoms with Gasteiger partial charge in [0.15, 0.2) is 0 Å². The number of sulfonamides is 1. The topological polar surface area (TPSA) is 66.5 Å². The van der Waals surface area contributed by atoms with Crippen LogP contribution in [-0.2, 0) is 14.8 Å². The van der Waals surface area contributed by atoms with E-state index < -0.39 is 10.0 Å². The predicted molar refractivity (Wildman–Crippen MR) is 108 cm³/mol. The molecule has 1 aliphatic rings. The quantitative estimate of drug-likeness (QED) is 0.770. The molecule has 3 rings (SSSR count). The summed E-state index contributed by atoms with van der Waals surface area (Å²) in [6.07, 6.45) is 5.67. The van der Waals surface area contributed by atoms with Gasteiger partial charge < -0.3 is 5.32 Å². The summed E-state index contributed by atoms with van der Waals surface area (Å²) in [7, 11) is -3.57. The van der Waals surface area contributed by atoms with Crippen LogP contribution in [0.2, 0.25) is 0 Å². The van der Waals surface area contributed by atoms with Gasteiger partial charge >= 0.3 is 0 Å². The highest BCUT2D eigenvalue weighted by Crippen LogP contribution is 2.25. The molecule has 148 valence electrons. The summed E-state index contributed by atoms with van der Waals surface area (Å²) in [4.78, 5) is 12.4. The molecule has 5 nitrogen and oxygen atoms in total. The number of carbonyl (C=O) groups excluding carboxylic acids is 1. The Kier molecular flexibility index (Phi) is 6.26. The van der Waals surface area contributed by atoms with Crippen molar-refractivity contribution in [3.8, 4) is 0 Å². The molecule has 28 heavy (non-hydrogen) atoms. The van der Waals surface area contributed by atoms with Crippen LogP contribution in [0.1, 0.15) is 30.4 Å². The lowest BCUT2D eigenvalue weighted by atomic mass is 10.2. The first-order valence-corrected chi connectivity index (χ1v) is 10.7. The number of carbonyl (C=O) groups is 1. The van der Waals surface area contributed by atoms with Crippen molar-refractivity contribution >= 4 is 27.7 Å². The van der Waals surface area contributed by atoms with Crippen molar-refractivity contribution in [1.82, 2.24) is 4.31 Å². The molecule has 1 heterocycles. The molecule has 0 aromatic heterocycles. The number of benzene rings is 2. The number of hydrogen-bond donors (Lipinski definition) is 1. The number of nitrogens with zero attached hydrogens (tertiary/aromatic N) is 1. The van der Waals surface area contributed by atoms with Gasteiger partial charge in [-0.15, -0.1) is 0 Å². The van der Waals surface area contributed by atoms with E-state index >= 15 is 0 Å². The number of aryl methyl sites for hydroxylation is 1. The van der Waals surface area contributed by atoms with E-state index in [0.29, 0.717) is 24.3 Å². The molecule has 1 amide bonds. The van der Waals surface area contributed by atoms with Crippen molar-refractivity contribution in [2.75, 3.05) is 18.4 Å². The molecule has 0 aliphatic carbocycles. The minimum absolute atomic E-state index is 0.179. The lowest BCUT2D eigenvalue weighted by molar-refractivity contribution is -0.111. The Morgan fingerprint density at radius 1 is 1.07 bits per heavy atom. The van der Waals surface area contributed by atoms with Crippen LogP contribution in [0.25, 0.3) is 6.08 Å². The zero-order valence-electron chi connectivity index (χ0n) is 15.7. The predicted octanol–water partition coefficient (Wildman–Crippen LogP) is 3.96. The van der Waals surface area contributed by atoms with Gasteiger partial charge in [-0.1, -0.05) is 24.6 Å². The van der Waals surface area contributed by atoms with E-state index in [1.807, 2.05) is 0 Å². The third kappa shape index (κ3) is 4.85. The van der Waals surface area contributed by atoms with Crippen LogP contribution in [0.15, 0.2) is 53.4 Å². The highest BCUT2D eigenvalue weighted by Gasteiger charge is 2.26. The summed E-state index contributed by atoms with van der Waals surface area (Å²) in [5, 5.41) is 2.72. The largest absolute Gasteiger partial charge is 0.322 e. The van der Waals surface area contributed by atoms with Crippen LogP contribution in [0.3, 0.4) is 0 Å². The molecule has 0 bridgehead atoms. The minimum atomic E-state index is -3.57. The molecule has 0 radical (unpaired) electrons. The van der Waals surface area contributed by atoms with Crippen molar-refractivity contribution in [3.05, 3.63) is 65.5 Å². The highest BCUT2D eigenvalue weighted by molar-refractivity contribution is 7.89. The lowest BCUT2D eigenvalue weighted by Crippen LogP contribution is -2.35. The number of anilines is 1. The van der Waals surface area contributed by atoms with Gasteiger partial charge in [0, 0.05) is 24.9 Å². The van der Waals surface area contributed by atoms with Gasteiger partial charge in [-0.25, -0.2) is 12.8 Å². The van der Waals surface area contributed by atoms with E-state index in [2.05, 4.69) is 5.32 Å². The molecule has 1 fully saturated rings. The van der Waals surface area contributed by atoms with Crippen LogP contribution >= 0.6 is 0 Å². The Morgan fingerprint density at radius 2 is 1.75 bits per heavy atom. The standard InChI is InChI=1S/C21H23FN2O3S/c1-16-5-11-19(28(26,27)24-13-3-2-4-14-24)15-20(16)23-21(25)12-8-17-6-9-18(22)10-7-17/h5-12,15H,2-4,13-14H2,1H3,(H,23,25)/b12-8+. The summed E-state index contributed by atoms with van der Waals surface area (Å²) in [6, 6.07) is 10.5. The zero-order valence-corrected chi connectivity index (χ0v) is 16.5. The second-order valence-electron chi connectivity index (χ2n) is 6.82. The summed E-state index contributed by atoms with van der Waals surface area (Å²) in [6.45, 7) is 2.85. The molecular formula is C21H23FN2O3S. The summed E-state index contributed by atoms with van der Waals surface area (Å²) in [5.41, 5.74) is 1.91. The Labute approximate surface area is 164 Å². The van der Waals surface area contributed by atoms with E-state index in [9.17, 15) is 17.6 Å². The van der Waals surface area contributed by atoms with Crippen LogP contribution in [0.5, 0.6) is 0 Å². The van der Waals surface area contributed by atoms with Crippen LogP contribution in [0.4, 0.5) is 10.1 Å². The zero-order chi connectivity index (χ0) is 20.1. The monoisotopic (exact) mass is 402 g/mol. The van der Waals surface area contributed by atoms with Crippen molar-refractivity contribution in [3.63, 3.8) is 0 Å². The Bertz CT molecular complexity index is 979. The number of rotatable bonds is 5. The first-order valence-electron chi connectivity index (χ1n) is 9.22. The molecule has 0 unspecified atom stereocenters. The fourth-order valence-electron chi connectivity index (χ4n) is 3.07. The number of halogens is 1. The lowest BCUT2D eigenvalue weighted by Gasteiger charge is -2.26. The summed E-state index contributed by atoms with van der Waals surface area (Å²) in [5.74, 6) is -0.732. The normalized spacial score (nSPS) is 15.6. The highest BCUT2D eigenvalue weighted by atomic mass is 32.2. The van der Waals surface area contributed by atoms with Crippen molar-refractivity contribution in [1.29, 1.82) is 0 Å². The fraction of sp³-hybridized carbons (Fsp3) is 0.286. The van der Waals surface area contributed by atoms with Crippen molar-refractivity contribution in [2.24, 2.45) is 0 Å². The van der Waals surface area contributed by atoms with Gasteiger partial charge in [-0.05, 0) is 61.2 Å². The van der Waals surface area contributed by atoms with E-state index in [-0.39, 0.29) is 16.6 Å². The SMILES string of the molecule is Cc1ccc(S(=O)(=O)N2CCCCC2)cc1NC(=O)/C=C/c1ccc(F)cc1. The Hall–Kier alpha value is -2.51. The van der Waals surface area contributed by atoms with Gasteiger partial charge in [0.1, 0.15) is 5.82 Å². The van der Waals surface area contributed by atoms with E-state index in [1.165, 1.54) is 28.6 Å².